The van der Waals surface area contributed by atoms with Crippen molar-refractivity contribution in [3.05, 3.63) is 17.7 Å². The molecule has 0 amide bonds. The zero-order chi connectivity index (χ0) is 13.7. The predicted octanol–water partition coefficient (Wildman–Crippen LogP) is 1.48. The molecular weight excluding hydrogens is 246 g/mol. The Hall–Kier alpha value is -1.87. The Kier molecular flexibility index (Phi) is 4.53. The van der Waals surface area contributed by atoms with Crippen LogP contribution in [0.2, 0.25) is 0 Å². The number of nitrogens with zero attached hydrogens (tertiary/aromatic N) is 3. The first-order valence-corrected chi connectivity index (χ1v) is 6.45. The summed E-state index contributed by atoms with van der Waals surface area (Å²) in [4.78, 5) is 16.1. The number of carbonyl (C=O) groups is 1. The van der Waals surface area contributed by atoms with E-state index >= 15 is 0 Å². The molecule has 0 aromatic carbocycles. The third-order valence-corrected chi connectivity index (χ3v) is 3.19. The lowest BCUT2D eigenvalue weighted by molar-refractivity contribution is 0.0513. The van der Waals surface area contributed by atoms with Gasteiger partial charge >= 0.3 is 5.97 Å². The van der Waals surface area contributed by atoms with Crippen molar-refractivity contribution < 1.29 is 14.3 Å². The summed E-state index contributed by atoms with van der Waals surface area (Å²) in [6.07, 6.45) is 3.23. The van der Waals surface area contributed by atoms with Gasteiger partial charge in [0.05, 0.1) is 18.9 Å². The van der Waals surface area contributed by atoms with Crippen LogP contribution < -0.4 is 0 Å². The summed E-state index contributed by atoms with van der Waals surface area (Å²) >= 11 is 0. The van der Waals surface area contributed by atoms with Gasteiger partial charge in [0.25, 0.3) is 0 Å². The van der Waals surface area contributed by atoms with Crippen LogP contribution in [-0.4, -0.2) is 35.3 Å². The number of rotatable bonds is 4. The summed E-state index contributed by atoms with van der Waals surface area (Å²) in [5.74, 6) is 0.599. The predicted molar refractivity (Wildman–Crippen MR) is 66.6 cm³/mol. The van der Waals surface area contributed by atoms with Gasteiger partial charge in [0.15, 0.2) is 0 Å². The number of nitriles is 1. The molecule has 1 fully saturated rings. The maximum absolute atomic E-state index is 11.8. The second kappa shape index (κ2) is 6.34. The van der Waals surface area contributed by atoms with Crippen molar-refractivity contribution in [3.63, 3.8) is 0 Å². The molecule has 2 rings (SSSR count). The van der Waals surface area contributed by atoms with Crippen molar-refractivity contribution in [1.29, 1.82) is 5.26 Å². The Bertz CT molecular complexity index is 484. The van der Waals surface area contributed by atoms with Crippen molar-refractivity contribution in [2.75, 3.05) is 19.8 Å². The zero-order valence-electron chi connectivity index (χ0n) is 11.0. The molecule has 1 saturated heterocycles. The average Bonchev–Trinajstić information content (AvgIpc) is 2.84. The molecule has 0 bridgehead atoms. The summed E-state index contributed by atoms with van der Waals surface area (Å²) in [6, 6.07) is 2.07. The molecule has 6 heteroatoms. The third-order valence-electron chi connectivity index (χ3n) is 3.19. The summed E-state index contributed by atoms with van der Waals surface area (Å²) in [6.45, 7) is 3.56. The van der Waals surface area contributed by atoms with E-state index in [1.165, 1.54) is 6.20 Å². The minimum Gasteiger partial charge on any atom is -0.461 e. The van der Waals surface area contributed by atoms with Crippen molar-refractivity contribution in [3.8, 4) is 6.07 Å². The van der Waals surface area contributed by atoms with E-state index in [4.69, 9.17) is 14.7 Å². The van der Waals surface area contributed by atoms with Crippen LogP contribution in [0.4, 0.5) is 0 Å². The van der Waals surface area contributed by atoms with Gasteiger partial charge < -0.3 is 14.0 Å². The molecular formula is C13H17N3O3. The number of imidazole rings is 1. The van der Waals surface area contributed by atoms with E-state index in [0.717, 1.165) is 18.7 Å². The number of ether oxygens (including phenoxy) is 2. The molecule has 0 atom stereocenters. The van der Waals surface area contributed by atoms with Crippen molar-refractivity contribution in [1.82, 2.24) is 9.55 Å². The molecule has 0 unspecified atom stereocenters. The van der Waals surface area contributed by atoms with Crippen LogP contribution in [0, 0.1) is 11.3 Å². The highest BCUT2D eigenvalue weighted by Crippen LogP contribution is 2.26. The first kappa shape index (κ1) is 13.6. The quantitative estimate of drug-likeness (QED) is 0.769. The van der Waals surface area contributed by atoms with Crippen LogP contribution >= 0.6 is 0 Å². The summed E-state index contributed by atoms with van der Waals surface area (Å²) in [5, 5.41) is 8.92. The fraction of sp³-hybridized carbons (Fsp3) is 0.615. The third kappa shape index (κ3) is 2.93. The van der Waals surface area contributed by atoms with Crippen molar-refractivity contribution >= 4 is 5.97 Å². The molecule has 1 aliphatic heterocycles. The molecule has 1 aromatic heterocycles. The average molecular weight is 263 g/mol. The SMILES string of the molecule is CCOC(=O)c1cnc(C2CCOCC2)n1CC#N. The number of esters is 1. The van der Waals surface area contributed by atoms with Crippen molar-refractivity contribution in [2.45, 2.75) is 32.2 Å². The molecule has 0 N–H and O–H groups in total. The van der Waals surface area contributed by atoms with Gasteiger partial charge in [0, 0.05) is 19.1 Å². The van der Waals surface area contributed by atoms with E-state index < -0.39 is 5.97 Å². The topological polar surface area (TPSA) is 77.1 Å². The first-order chi connectivity index (χ1) is 9.27. The molecule has 0 radical (unpaired) electrons. The lowest BCUT2D eigenvalue weighted by Crippen LogP contribution is -2.20. The minimum absolute atomic E-state index is 0.112. The van der Waals surface area contributed by atoms with Gasteiger partial charge in [-0.15, -0.1) is 0 Å². The van der Waals surface area contributed by atoms with Crippen LogP contribution in [-0.2, 0) is 16.0 Å². The number of aromatic nitrogens is 2. The number of carbonyl (C=O) groups excluding carboxylic acids is 1. The van der Waals surface area contributed by atoms with Gasteiger partial charge in [-0.2, -0.15) is 5.26 Å². The van der Waals surface area contributed by atoms with Gasteiger partial charge in [-0.1, -0.05) is 0 Å². The minimum atomic E-state index is -0.427. The van der Waals surface area contributed by atoms with Gasteiger partial charge in [-0.05, 0) is 19.8 Å². The maximum atomic E-state index is 11.8. The standard InChI is InChI=1S/C13H17N3O3/c1-2-19-13(17)11-9-15-12(16(11)6-5-14)10-3-7-18-8-4-10/h9-10H,2-4,6-8H2,1H3. The Morgan fingerprint density at radius 2 is 2.37 bits per heavy atom. The lowest BCUT2D eigenvalue weighted by atomic mass is 9.99. The van der Waals surface area contributed by atoms with Crippen LogP contribution in [0.1, 0.15) is 42.0 Å². The van der Waals surface area contributed by atoms with Gasteiger partial charge in [-0.25, -0.2) is 9.78 Å². The summed E-state index contributed by atoms with van der Waals surface area (Å²) < 4.78 is 12.0. The Labute approximate surface area is 111 Å². The highest BCUT2D eigenvalue weighted by atomic mass is 16.5. The van der Waals surface area contributed by atoms with Crippen LogP contribution in [0.15, 0.2) is 6.20 Å². The zero-order valence-corrected chi connectivity index (χ0v) is 11.0. The second-order valence-corrected chi connectivity index (χ2v) is 4.35. The largest absolute Gasteiger partial charge is 0.461 e. The lowest BCUT2D eigenvalue weighted by Gasteiger charge is -2.22. The monoisotopic (exact) mass is 263 g/mol. The highest BCUT2D eigenvalue weighted by molar-refractivity contribution is 5.87. The van der Waals surface area contributed by atoms with Gasteiger partial charge in [0.2, 0.25) is 0 Å². The van der Waals surface area contributed by atoms with Gasteiger partial charge in [0.1, 0.15) is 18.1 Å². The molecule has 19 heavy (non-hydrogen) atoms. The second-order valence-electron chi connectivity index (χ2n) is 4.35. The summed E-state index contributed by atoms with van der Waals surface area (Å²) in [5.41, 5.74) is 0.352. The Morgan fingerprint density at radius 1 is 1.63 bits per heavy atom. The number of hydrogen-bond donors (Lipinski definition) is 0. The highest BCUT2D eigenvalue weighted by Gasteiger charge is 2.24. The molecule has 6 nitrogen and oxygen atoms in total. The molecule has 0 aliphatic carbocycles. The molecule has 0 saturated carbocycles. The smallest absolute Gasteiger partial charge is 0.356 e. The fourth-order valence-electron chi connectivity index (χ4n) is 2.28. The van der Waals surface area contributed by atoms with E-state index in [1.54, 1.807) is 11.5 Å². The van der Waals surface area contributed by atoms with E-state index in [9.17, 15) is 4.79 Å². The van der Waals surface area contributed by atoms with Crippen LogP contribution in [0.3, 0.4) is 0 Å². The maximum Gasteiger partial charge on any atom is 0.356 e. The first-order valence-electron chi connectivity index (χ1n) is 6.45. The molecule has 2 heterocycles. The van der Waals surface area contributed by atoms with E-state index in [1.807, 2.05) is 0 Å². The molecule has 0 spiro atoms. The van der Waals surface area contributed by atoms with Gasteiger partial charge in [-0.3, -0.25) is 0 Å². The van der Waals surface area contributed by atoms with Crippen LogP contribution in [0.5, 0.6) is 0 Å². The molecule has 1 aliphatic rings. The Morgan fingerprint density at radius 3 is 3.00 bits per heavy atom. The summed E-state index contributed by atoms with van der Waals surface area (Å²) in [7, 11) is 0. The number of hydrogen-bond acceptors (Lipinski definition) is 5. The molecule has 102 valence electrons. The van der Waals surface area contributed by atoms with Crippen LogP contribution in [0.25, 0.3) is 0 Å². The normalized spacial score (nSPS) is 16.0. The van der Waals surface area contributed by atoms with E-state index in [-0.39, 0.29) is 12.5 Å². The van der Waals surface area contributed by atoms with E-state index in [2.05, 4.69) is 11.1 Å². The van der Waals surface area contributed by atoms with E-state index in [0.29, 0.717) is 25.5 Å². The molecule has 1 aromatic rings. The Balaban J connectivity index is 2.28. The fourth-order valence-corrected chi connectivity index (χ4v) is 2.28. The van der Waals surface area contributed by atoms with Crippen molar-refractivity contribution in [2.24, 2.45) is 0 Å².